The van der Waals surface area contributed by atoms with Gasteiger partial charge in [-0.1, -0.05) is 18.2 Å². The molecule has 0 atom stereocenters. The van der Waals surface area contributed by atoms with Crippen molar-refractivity contribution < 1.29 is 0 Å². The molecular weight excluding hydrogens is 196 g/mol. The molecule has 16 heavy (non-hydrogen) atoms. The van der Waals surface area contributed by atoms with Gasteiger partial charge in [0.2, 0.25) is 0 Å². The third-order valence-corrected chi connectivity index (χ3v) is 2.67. The van der Waals surface area contributed by atoms with Crippen molar-refractivity contribution in [3.05, 3.63) is 53.6 Å². The Bertz CT molecular complexity index is 504. The first kappa shape index (κ1) is 10.6. The van der Waals surface area contributed by atoms with Gasteiger partial charge >= 0.3 is 0 Å². The minimum Gasteiger partial charge on any atom is -0.398 e. The number of rotatable bonds is 2. The van der Waals surface area contributed by atoms with Crippen LogP contribution in [0.5, 0.6) is 0 Å². The lowest BCUT2D eigenvalue weighted by molar-refractivity contribution is 1.41. The number of nitrogen functional groups attached to an aromatic ring is 1. The zero-order valence-corrected chi connectivity index (χ0v) is 9.62. The van der Waals surface area contributed by atoms with Gasteiger partial charge < -0.3 is 11.1 Å². The molecular formula is C14H16N2. The standard InChI is InChI=1S/C14H16N2/c1-10-5-3-6-12(9-10)16-14-8-4-7-13(15)11(14)2/h3-9,16H,15H2,1-2H3. The lowest BCUT2D eigenvalue weighted by atomic mass is 10.1. The summed E-state index contributed by atoms with van der Waals surface area (Å²) in [6.45, 7) is 4.10. The second kappa shape index (κ2) is 4.27. The van der Waals surface area contributed by atoms with E-state index in [-0.39, 0.29) is 0 Å². The van der Waals surface area contributed by atoms with Crippen LogP contribution < -0.4 is 11.1 Å². The van der Waals surface area contributed by atoms with Crippen LogP contribution in [-0.2, 0) is 0 Å². The third kappa shape index (κ3) is 2.16. The van der Waals surface area contributed by atoms with E-state index >= 15 is 0 Å². The quantitative estimate of drug-likeness (QED) is 0.746. The van der Waals surface area contributed by atoms with Gasteiger partial charge in [0.1, 0.15) is 0 Å². The number of benzene rings is 2. The Kier molecular flexibility index (Phi) is 2.82. The highest BCUT2D eigenvalue weighted by Crippen LogP contribution is 2.24. The molecule has 2 aromatic carbocycles. The fraction of sp³-hybridized carbons (Fsp3) is 0.143. The van der Waals surface area contributed by atoms with E-state index in [2.05, 4.69) is 30.4 Å². The van der Waals surface area contributed by atoms with Crippen molar-refractivity contribution in [2.45, 2.75) is 13.8 Å². The van der Waals surface area contributed by atoms with Gasteiger partial charge in [-0.2, -0.15) is 0 Å². The number of nitrogens with two attached hydrogens (primary N) is 1. The molecule has 0 saturated carbocycles. The predicted molar refractivity (Wildman–Crippen MR) is 70.1 cm³/mol. The first-order valence-corrected chi connectivity index (χ1v) is 5.35. The normalized spacial score (nSPS) is 10.1. The van der Waals surface area contributed by atoms with Gasteiger partial charge in [0.05, 0.1) is 0 Å². The van der Waals surface area contributed by atoms with Crippen LogP contribution in [0.3, 0.4) is 0 Å². The molecule has 0 fully saturated rings. The minimum atomic E-state index is 0.817. The topological polar surface area (TPSA) is 38.0 Å². The number of nitrogens with one attached hydrogen (secondary N) is 1. The summed E-state index contributed by atoms with van der Waals surface area (Å²) >= 11 is 0. The van der Waals surface area contributed by atoms with Gasteiger partial charge in [-0.15, -0.1) is 0 Å². The van der Waals surface area contributed by atoms with E-state index in [0.29, 0.717) is 0 Å². The molecule has 0 saturated heterocycles. The average Bonchev–Trinajstić information content (AvgIpc) is 2.25. The van der Waals surface area contributed by atoms with Crippen LogP contribution in [-0.4, -0.2) is 0 Å². The Balaban J connectivity index is 2.31. The largest absolute Gasteiger partial charge is 0.398 e. The Hall–Kier alpha value is -1.96. The van der Waals surface area contributed by atoms with E-state index in [0.717, 1.165) is 22.6 Å². The summed E-state index contributed by atoms with van der Waals surface area (Å²) in [7, 11) is 0. The molecule has 0 aromatic heterocycles. The van der Waals surface area contributed by atoms with Gasteiger partial charge in [-0.25, -0.2) is 0 Å². The van der Waals surface area contributed by atoms with Crippen molar-refractivity contribution in [2.24, 2.45) is 0 Å². The maximum atomic E-state index is 5.86. The van der Waals surface area contributed by atoms with Crippen molar-refractivity contribution in [1.29, 1.82) is 0 Å². The van der Waals surface area contributed by atoms with Crippen LogP contribution in [0.1, 0.15) is 11.1 Å². The Labute approximate surface area is 96.1 Å². The van der Waals surface area contributed by atoms with Crippen molar-refractivity contribution in [3.63, 3.8) is 0 Å². The first-order valence-electron chi connectivity index (χ1n) is 5.35. The zero-order valence-electron chi connectivity index (χ0n) is 9.62. The van der Waals surface area contributed by atoms with Gasteiger partial charge in [-0.05, 0) is 49.2 Å². The van der Waals surface area contributed by atoms with E-state index in [4.69, 9.17) is 5.73 Å². The summed E-state index contributed by atoms with van der Waals surface area (Å²) < 4.78 is 0. The van der Waals surface area contributed by atoms with E-state index in [9.17, 15) is 0 Å². The summed E-state index contributed by atoms with van der Waals surface area (Å²) in [4.78, 5) is 0. The number of hydrogen-bond donors (Lipinski definition) is 2. The van der Waals surface area contributed by atoms with Crippen molar-refractivity contribution in [1.82, 2.24) is 0 Å². The smallest absolute Gasteiger partial charge is 0.0434 e. The monoisotopic (exact) mass is 212 g/mol. The van der Waals surface area contributed by atoms with Crippen LogP contribution in [0.4, 0.5) is 17.1 Å². The molecule has 2 nitrogen and oxygen atoms in total. The van der Waals surface area contributed by atoms with E-state index in [1.165, 1.54) is 5.56 Å². The summed E-state index contributed by atoms with van der Waals surface area (Å²) in [6, 6.07) is 14.2. The fourth-order valence-corrected chi connectivity index (χ4v) is 1.67. The molecule has 2 aromatic rings. The van der Waals surface area contributed by atoms with Gasteiger partial charge in [0.25, 0.3) is 0 Å². The maximum absolute atomic E-state index is 5.86. The van der Waals surface area contributed by atoms with E-state index < -0.39 is 0 Å². The molecule has 0 amide bonds. The van der Waals surface area contributed by atoms with Crippen LogP contribution in [0.2, 0.25) is 0 Å². The van der Waals surface area contributed by atoms with Crippen LogP contribution in [0, 0.1) is 13.8 Å². The van der Waals surface area contributed by atoms with Gasteiger partial charge in [0.15, 0.2) is 0 Å². The summed E-state index contributed by atoms with van der Waals surface area (Å²) in [6.07, 6.45) is 0. The van der Waals surface area contributed by atoms with Crippen LogP contribution >= 0.6 is 0 Å². The fourth-order valence-electron chi connectivity index (χ4n) is 1.67. The highest BCUT2D eigenvalue weighted by molar-refractivity contribution is 5.69. The van der Waals surface area contributed by atoms with E-state index in [1.807, 2.05) is 31.2 Å². The average molecular weight is 212 g/mol. The highest BCUT2D eigenvalue weighted by atomic mass is 14.9. The Morgan fingerprint density at radius 1 is 1.00 bits per heavy atom. The van der Waals surface area contributed by atoms with Crippen LogP contribution in [0.15, 0.2) is 42.5 Å². The molecule has 2 rings (SSSR count). The number of anilines is 3. The second-order valence-corrected chi connectivity index (χ2v) is 4.01. The predicted octanol–water partition coefficient (Wildman–Crippen LogP) is 3.63. The maximum Gasteiger partial charge on any atom is 0.0434 e. The number of hydrogen-bond acceptors (Lipinski definition) is 2. The first-order chi connectivity index (χ1) is 7.66. The molecule has 0 radical (unpaired) electrons. The molecule has 0 unspecified atom stereocenters. The van der Waals surface area contributed by atoms with Crippen LogP contribution in [0.25, 0.3) is 0 Å². The SMILES string of the molecule is Cc1cccc(Nc2cccc(N)c2C)c1. The van der Waals surface area contributed by atoms with Crippen molar-refractivity contribution in [2.75, 3.05) is 11.1 Å². The third-order valence-electron chi connectivity index (χ3n) is 2.67. The number of aryl methyl sites for hydroxylation is 1. The van der Waals surface area contributed by atoms with Gasteiger partial charge in [-0.3, -0.25) is 0 Å². The molecule has 0 heterocycles. The zero-order chi connectivity index (χ0) is 11.5. The van der Waals surface area contributed by atoms with Crippen molar-refractivity contribution >= 4 is 17.1 Å². The molecule has 2 heteroatoms. The Morgan fingerprint density at radius 2 is 1.75 bits per heavy atom. The molecule has 0 spiro atoms. The molecule has 0 aliphatic carbocycles. The lowest BCUT2D eigenvalue weighted by Crippen LogP contribution is -1.96. The van der Waals surface area contributed by atoms with Crippen molar-refractivity contribution in [3.8, 4) is 0 Å². The van der Waals surface area contributed by atoms with Gasteiger partial charge in [0, 0.05) is 17.1 Å². The summed E-state index contributed by atoms with van der Waals surface area (Å²) in [5, 5.41) is 3.37. The Morgan fingerprint density at radius 3 is 2.50 bits per heavy atom. The molecule has 82 valence electrons. The molecule has 0 aliphatic heterocycles. The molecule has 0 aliphatic rings. The lowest BCUT2D eigenvalue weighted by Gasteiger charge is -2.11. The molecule has 0 bridgehead atoms. The summed E-state index contributed by atoms with van der Waals surface area (Å²) in [5.41, 5.74) is 11.2. The molecule has 3 N–H and O–H groups in total. The minimum absolute atomic E-state index is 0.817. The van der Waals surface area contributed by atoms with E-state index in [1.54, 1.807) is 0 Å². The summed E-state index contributed by atoms with van der Waals surface area (Å²) in [5.74, 6) is 0. The second-order valence-electron chi connectivity index (χ2n) is 4.01. The highest BCUT2D eigenvalue weighted by Gasteiger charge is 2.01.